The molecule has 3 N–H and O–H groups in total. The summed E-state index contributed by atoms with van der Waals surface area (Å²) in [6.07, 6.45) is -0.205. The van der Waals surface area contributed by atoms with Gasteiger partial charge in [0.05, 0.1) is 24.2 Å². The van der Waals surface area contributed by atoms with Crippen molar-refractivity contribution in [2.24, 2.45) is 0 Å². The molecule has 0 spiro atoms. The molecular weight excluding hydrogens is 194 g/mol. The lowest BCUT2D eigenvalue weighted by molar-refractivity contribution is 0.0925. The number of hydrogen-bond donors (Lipinski definition) is 3. The van der Waals surface area contributed by atoms with Crippen molar-refractivity contribution in [1.29, 1.82) is 0 Å². The van der Waals surface area contributed by atoms with Gasteiger partial charge < -0.3 is 15.5 Å². The van der Waals surface area contributed by atoms with Crippen molar-refractivity contribution >= 4 is 9.84 Å². The fourth-order valence-electron chi connectivity index (χ4n) is 1.32. The molecule has 78 valence electrons. The number of sulfone groups is 1. The van der Waals surface area contributed by atoms with E-state index in [0.717, 1.165) is 0 Å². The van der Waals surface area contributed by atoms with Gasteiger partial charge in [-0.15, -0.1) is 0 Å². The zero-order valence-electron chi connectivity index (χ0n) is 7.31. The summed E-state index contributed by atoms with van der Waals surface area (Å²) in [5.74, 6) is 0.366. The van der Waals surface area contributed by atoms with Crippen molar-refractivity contribution in [3.63, 3.8) is 0 Å². The predicted octanol–water partition coefficient (Wildman–Crippen LogP) is -1.88. The van der Waals surface area contributed by atoms with Gasteiger partial charge in [-0.05, 0) is 6.42 Å². The lowest BCUT2D eigenvalue weighted by Gasteiger charge is -2.13. The Morgan fingerprint density at radius 1 is 1.54 bits per heavy atom. The fourth-order valence-corrected chi connectivity index (χ4v) is 3.03. The Morgan fingerprint density at radius 3 is 2.69 bits per heavy atom. The summed E-state index contributed by atoms with van der Waals surface area (Å²) in [4.78, 5) is 0. The summed E-state index contributed by atoms with van der Waals surface area (Å²) in [6.45, 7) is -0.0524. The highest BCUT2D eigenvalue weighted by Gasteiger charge is 2.27. The SMILES string of the molecule is O=S1(=O)CC[C@@H](NC[C@@H](O)CO)C1. The average molecular weight is 209 g/mol. The summed E-state index contributed by atoms with van der Waals surface area (Å²) in [6, 6.07) is -0.0637. The van der Waals surface area contributed by atoms with Crippen LogP contribution in [0, 0.1) is 0 Å². The molecule has 5 nitrogen and oxygen atoms in total. The molecule has 2 atom stereocenters. The number of aliphatic hydroxyl groups is 2. The Morgan fingerprint density at radius 2 is 2.23 bits per heavy atom. The average Bonchev–Trinajstić information content (AvgIpc) is 2.41. The molecular formula is C7H15NO4S. The number of rotatable bonds is 4. The van der Waals surface area contributed by atoms with E-state index in [-0.39, 0.29) is 30.7 Å². The van der Waals surface area contributed by atoms with E-state index >= 15 is 0 Å². The molecule has 13 heavy (non-hydrogen) atoms. The monoisotopic (exact) mass is 209 g/mol. The smallest absolute Gasteiger partial charge is 0.151 e. The molecule has 0 unspecified atom stereocenters. The molecule has 0 bridgehead atoms. The van der Waals surface area contributed by atoms with E-state index in [9.17, 15) is 8.42 Å². The first-order valence-corrected chi connectivity index (χ1v) is 6.08. The molecule has 1 aliphatic rings. The number of nitrogens with one attached hydrogen (secondary N) is 1. The maximum atomic E-state index is 11.0. The highest BCUT2D eigenvalue weighted by molar-refractivity contribution is 7.91. The molecule has 6 heteroatoms. The van der Waals surface area contributed by atoms with Gasteiger partial charge in [0, 0.05) is 12.6 Å². The van der Waals surface area contributed by atoms with Gasteiger partial charge in [-0.2, -0.15) is 0 Å². The molecule has 0 aliphatic carbocycles. The minimum absolute atomic E-state index is 0.0637. The molecule has 1 rings (SSSR count). The summed E-state index contributed by atoms with van der Waals surface area (Å²) in [7, 11) is -2.86. The van der Waals surface area contributed by atoms with E-state index in [4.69, 9.17) is 10.2 Å². The lowest BCUT2D eigenvalue weighted by Crippen LogP contribution is -2.37. The summed E-state index contributed by atoms with van der Waals surface area (Å²) < 4.78 is 22.0. The third-order valence-electron chi connectivity index (χ3n) is 2.09. The summed E-state index contributed by atoms with van der Waals surface area (Å²) in [5, 5.41) is 20.4. The maximum absolute atomic E-state index is 11.0. The second kappa shape index (κ2) is 4.36. The minimum atomic E-state index is -2.86. The van der Waals surface area contributed by atoms with Crippen LogP contribution in [0.4, 0.5) is 0 Å². The van der Waals surface area contributed by atoms with Crippen LogP contribution >= 0.6 is 0 Å². The molecule has 1 fully saturated rings. The quantitative estimate of drug-likeness (QED) is 0.504. The third-order valence-corrected chi connectivity index (χ3v) is 3.85. The van der Waals surface area contributed by atoms with Gasteiger partial charge in [0.25, 0.3) is 0 Å². The Hall–Kier alpha value is -0.170. The van der Waals surface area contributed by atoms with E-state index in [2.05, 4.69) is 5.32 Å². The van der Waals surface area contributed by atoms with Gasteiger partial charge in [0.2, 0.25) is 0 Å². The topological polar surface area (TPSA) is 86.6 Å². The molecule has 1 saturated heterocycles. The highest BCUT2D eigenvalue weighted by Crippen LogP contribution is 2.10. The molecule has 0 amide bonds. The molecule has 0 radical (unpaired) electrons. The minimum Gasteiger partial charge on any atom is -0.394 e. The standard InChI is InChI=1S/C7H15NO4S/c9-4-7(10)3-8-6-1-2-13(11,12)5-6/h6-10H,1-5H2/t6-,7-/m1/s1. The van der Waals surface area contributed by atoms with Crippen molar-refractivity contribution in [3.05, 3.63) is 0 Å². The van der Waals surface area contributed by atoms with Crippen LogP contribution in [-0.2, 0) is 9.84 Å². The lowest BCUT2D eigenvalue weighted by atomic mass is 10.2. The van der Waals surface area contributed by atoms with Gasteiger partial charge in [-0.1, -0.05) is 0 Å². The number of aliphatic hydroxyl groups excluding tert-OH is 2. The van der Waals surface area contributed by atoms with Crippen LogP contribution < -0.4 is 5.32 Å². The zero-order valence-corrected chi connectivity index (χ0v) is 8.13. The van der Waals surface area contributed by atoms with E-state index < -0.39 is 15.9 Å². The van der Waals surface area contributed by atoms with Crippen molar-refractivity contribution in [3.8, 4) is 0 Å². The predicted molar refractivity (Wildman–Crippen MR) is 48.2 cm³/mol. The summed E-state index contributed by atoms with van der Waals surface area (Å²) in [5.41, 5.74) is 0. The molecule has 0 aromatic heterocycles. The Bertz CT molecular complexity index is 251. The van der Waals surface area contributed by atoms with Gasteiger partial charge >= 0.3 is 0 Å². The Balaban J connectivity index is 2.25. The van der Waals surface area contributed by atoms with Gasteiger partial charge in [0.15, 0.2) is 9.84 Å². The van der Waals surface area contributed by atoms with Crippen LogP contribution in [0.2, 0.25) is 0 Å². The first-order valence-electron chi connectivity index (χ1n) is 4.26. The molecule has 0 saturated carbocycles. The Kier molecular flexibility index (Phi) is 3.66. The fraction of sp³-hybridized carbons (Fsp3) is 1.00. The van der Waals surface area contributed by atoms with E-state index in [1.807, 2.05) is 0 Å². The van der Waals surface area contributed by atoms with Crippen LogP contribution in [0.25, 0.3) is 0 Å². The van der Waals surface area contributed by atoms with Crippen molar-refractivity contribution in [1.82, 2.24) is 5.32 Å². The van der Waals surface area contributed by atoms with Crippen LogP contribution in [0.15, 0.2) is 0 Å². The maximum Gasteiger partial charge on any atom is 0.151 e. The van der Waals surface area contributed by atoms with Gasteiger partial charge in [-0.3, -0.25) is 0 Å². The van der Waals surface area contributed by atoms with Crippen molar-refractivity contribution < 1.29 is 18.6 Å². The van der Waals surface area contributed by atoms with Crippen molar-refractivity contribution in [2.45, 2.75) is 18.6 Å². The van der Waals surface area contributed by atoms with E-state index in [0.29, 0.717) is 6.42 Å². The first-order chi connectivity index (χ1) is 6.03. The molecule has 0 aromatic rings. The highest BCUT2D eigenvalue weighted by atomic mass is 32.2. The zero-order chi connectivity index (χ0) is 9.90. The van der Waals surface area contributed by atoms with Gasteiger partial charge in [0.1, 0.15) is 0 Å². The first kappa shape index (κ1) is 10.9. The van der Waals surface area contributed by atoms with E-state index in [1.54, 1.807) is 0 Å². The van der Waals surface area contributed by atoms with Crippen LogP contribution in [0.1, 0.15) is 6.42 Å². The van der Waals surface area contributed by atoms with Crippen LogP contribution in [-0.4, -0.2) is 55.4 Å². The third kappa shape index (κ3) is 3.60. The normalized spacial score (nSPS) is 28.9. The molecule has 1 heterocycles. The second-order valence-electron chi connectivity index (χ2n) is 3.34. The van der Waals surface area contributed by atoms with Crippen LogP contribution in [0.5, 0.6) is 0 Å². The summed E-state index contributed by atoms with van der Waals surface area (Å²) >= 11 is 0. The Labute approximate surface area is 77.7 Å². The molecule has 1 aliphatic heterocycles. The second-order valence-corrected chi connectivity index (χ2v) is 5.57. The molecule has 0 aromatic carbocycles. The van der Waals surface area contributed by atoms with Crippen molar-refractivity contribution in [2.75, 3.05) is 24.7 Å². The number of hydrogen-bond acceptors (Lipinski definition) is 5. The van der Waals surface area contributed by atoms with E-state index in [1.165, 1.54) is 0 Å². The van der Waals surface area contributed by atoms with Gasteiger partial charge in [-0.25, -0.2) is 8.42 Å². The largest absolute Gasteiger partial charge is 0.394 e. The van der Waals surface area contributed by atoms with Crippen LogP contribution in [0.3, 0.4) is 0 Å².